The van der Waals surface area contributed by atoms with Gasteiger partial charge in [0.2, 0.25) is 0 Å². The van der Waals surface area contributed by atoms with Crippen molar-refractivity contribution in [1.82, 2.24) is 9.80 Å². The predicted molar refractivity (Wildman–Crippen MR) is 107 cm³/mol. The Morgan fingerprint density at radius 1 is 0.852 bits per heavy atom. The van der Waals surface area contributed by atoms with Crippen molar-refractivity contribution in [2.24, 2.45) is 0 Å². The number of benzene rings is 2. The standard InChI is InChI=1S/C23H28N2O2/c26-22-13-16-25(23(27)20-9-5-2-6-10-20)17-21(22)24-14-11-19(12-15-24)18-7-3-1-4-8-18/h1-10,19,21-22,26H,11-17H2. The van der Waals surface area contributed by atoms with Crippen LogP contribution in [0.5, 0.6) is 0 Å². The number of aliphatic hydroxyl groups excluding tert-OH is 1. The molecule has 0 aromatic heterocycles. The molecule has 2 aliphatic heterocycles. The average molecular weight is 364 g/mol. The van der Waals surface area contributed by atoms with E-state index in [2.05, 4.69) is 35.2 Å². The minimum Gasteiger partial charge on any atom is -0.391 e. The molecular weight excluding hydrogens is 336 g/mol. The van der Waals surface area contributed by atoms with Crippen molar-refractivity contribution in [3.8, 4) is 0 Å². The van der Waals surface area contributed by atoms with Crippen molar-refractivity contribution in [1.29, 1.82) is 0 Å². The molecule has 0 aliphatic carbocycles. The van der Waals surface area contributed by atoms with Crippen molar-refractivity contribution in [3.05, 3.63) is 71.8 Å². The van der Waals surface area contributed by atoms with E-state index in [1.54, 1.807) is 0 Å². The normalized spacial score (nSPS) is 24.7. The molecule has 0 saturated carbocycles. The van der Waals surface area contributed by atoms with Crippen LogP contribution in [0.3, 0.4) is 0 Å². The van der Waals surface area contributed by atoms with Crippen LogP contribution in [0, 0.1) is 0 Å². The monoisotopic (exact) mass is 364 g/mol. The van der Waals surface area contributed by atoms with Crippen LogP contribution >= 0.6 is 0 Å². The van der Waals surface area contributed by atoms with E-state index in [1.807, 2.05) is 35.2 Å². The predicted octanol–water partition coefficient (Wildman–Crippen LogP) is 3.14. The zero-order valence-electron chi connectivity index (χ0n) is 15.7. The molecule has 2 heterocycles. The molecule has 2 unspecified atom stereocenters. The van der Waals surface area contributed by atoms with Crippen molar-refractivity contribution in [2.75, 3.05) is 26.2 Å². The molecule has 0 radical (unpaired) electrons. The molecule has 2 atom stereocenters. The molecule has 0 spiro atoms. The zero-order valence-corrected chi connectivity index (χ0v) is 15.7. The third kappa shape index (κ3) is 4.07. The largest absolute Gasteiger partial charge is 0.391 e. The van der Waals surface area contributed by atoms with E-state index in [9.17, 15) is 9.90 Å². The molecule has 4 nitrogen and oxygen atoms in total. The number of aliphatic hydroxyl groups is 1. The fourth-order valence-electron chi connectivity index (χ4n) is 4.52. The van der Waals surface area contributed by atoms with Crippen LogP contribution < -0.4 is 0 Å². The smallest absolute Gasteiger partial charge is 0.253 e. The Hall–Kier alpha value is -2.17. The van der Waals surface area contributed by atoms with Crippen LogP contribution in [0.2, 0.25) is 0 Å². The highest BCUT2D eigenvalue weighted by Crippen LogP contribution is 2.30. The summed E-state index contributed by atoms with van der Waals surface area (Å²) >= 11 is 0. The fraction of sp³-hybridized carbons (Fsp3) is 0.435. The maximum Gasteiger partial charge on any atom is 0.253 e. The second kappa shape index (κ2) is 8.24. The van der Waals surface area contributed by atoms with E-state index in [0.717, 1.165) is 31.5 Å². The Morgan fingerprint density at radius 2 is 1.48 bits per heavy atom. The summed E-state index contributed by atoms with van der Waals surface area (Å²) in [6.07, 6.45) is 2.53. The summed E-state index contributed by atoms with van der Waals surface area (Å²) in [7, 11) is 0. The van der Waals surface area contributed by atoms with E-state index in [-0.39, 0.29) is 18.1 Å². The lowest BCUT2D eigenvalue weighted by Crippen LogP contribution is -2.57. The number of hydrogen-bond donors (Lipinski definition) is 1. The van der Waals surface area contributed by atoms with Gasteiger partial charge in [0.1, 0.15) is 0 Å². The van der Waals surface area contributed by atoms with Gasteiger partial charge < -0.3 is 10.0 Å². The van der Waals surface area contributed by atoms with E-state index in [1.165, 1.54) is 5.56 Å². The number of carbonyl (C=O) groups is 1. The summed E-state index contributed by atoms with van der Waals surface area (Å²) in [5.41, 5.74) is 2.15. The van der Waals surface area contributed by atoms with Gasteiger partial charge in [0.15, 0.2) is 0 Å². The summed E-state index contributed by atoms with van der Waals surface area (Å²) in [6, 6.07) is 20.2. The SMILES string of the molecule is O=C(c1ccccc1)N1CCC(O)C(N2CCC(c3ccccc3)CC2)C1. The number of amides is 1. The molecule has 2 saturated heterocycles. The Kier molecular flexibility index (Phi) is 5.55. The summed E-state index contributed by atoms with van der Waals surface area (Å²) < 4.78 is 0. The molecule has 2 aromatic carbocycles. The van der Waals surface area contributed by atoms with Gasteiger partial charge in [-0.2, -0.15) is 0 Å². The highest BCUT2D eigenvalue weighted by Gasteiger charge is 2.36. The Labute approximate surface area is 161 Å². The topological polar surface area (TPSA) is 43.8 Å². The highest BCUT2D eigenvalue weighted by molar-refractivity contribution is 5.94. The first kappa shape index (κ1) is 18.2. The number of piperidine rings is 2. The second-order valence-corrected chi connectivity index (χ2v) is 7.76. The van der Waals surface area contributed by atoms with Crippen molar-refractivity contribution in [2.45, 2.75) is 37.3 Å². The average Bonchev–Trinajstić information content (AvgIpc) is 2.75. The van der Waals surface area contributed by atoms with Gasteiger partial charge in [-0.3, -0.25) is 9.69 Å². The minimum atomic E-state index is -0.349. The first-order chi connectivity index (χ1) is 13.2. The fourth-order valence-corrected chi connectivity index (χ4v) is 4.52. The van der Waals surface area contributed by atoms with Crippen molar-refractivity contribution in [3.63, 3.8) is 0 Å². The third-order valence-corrected chi connectivity index (χ3v) is 6.12. The van der Waals surface area contributed by atoms with E-state index >= 15 is 0 Å². The van der Waals surface area contributed by atoms with Gasteiger partial charge in [-0.05, 0) is 56.0 Å². The van der Waals surface area contributed by atoms with Gasteiger partial charge in [-0.15, -0.1) is 0 Å². The molecule has 142 valence electrons. The first-order valence-corrected chi connectivity index (χ1v) is 10.0. The molecule has 1 amide bonds. The number of rotatable bonds is 3. The molecule has 2 aliphatic rings. The lowest BCUT2D eigenvalue weighted by Gasteiger charge is -2.44. The number of nitrogens with zero attached hydrogens (tertiary/aromatic N) is 2. The Balaban J connectivity index is 1.39. The van der Waals surface area contributed by atoms with Gasteiger partial charge in [0.05, 0.1) is 12.1 Å². The van der Waals surface area contributed by atoms with Crippen LogP contribution in [-0.4, -0.2) is 59.1 Å². The van der Waals surface area contributed by atoms with Crippen LogP contribution in [0.25, 0.3) is 0 Å². The lowest BCUT2D eigenvalue weighted by molar-refractivity contribution is -0.0154. The van der Waals surface area contributed by atoms with Gasteiger partial charge in [0.25, 0.3) is 5.91 Å². The maximum absolute atomic E-state index is 12.8. The highest BCUT2D eigenvalue weighted by atomic mass is 16.3. The Morgan fingerprint density at radius 3 is 2.15 bits per heavy atom. The van der Waals surface area contributed by atoms with Crippen LogP contribution in [0.15, 0.2) is 60.7 Å². The molecule has 4 rings (SSSR count). The molecule has 4 heteroatoms. The maximum atomic E-state index is 12.8. The van der Waals surface area contributed by atoms with Crippen LogP contribution in [-0.2, 0) is 0 Å². The molecule has 1 N–H and O–H groups in total. The van der Waals surface area contributed by atoms with Crippen molar-refractivity contribution >= 4 is 5.91 Å². The summed E-state index contributed by atoms with van der Waals surface area (Å²) in [4.78, 5) is 17.1. The van der Waals surface area contributed by atoms with Crippen LogP contribution in [0.1, 0.15) is 41.1 Å². The molecule has 2 aromatic rings. The number of likely N-dealkylation sites (tertiary alicyclic amines) is 2. The third-order valence-electron chi connectivity index (χ3n) is 6.12. The number of carbonyl (C=O) groups excluding carboxylic acids is 1. The minimum absolute atomic E-state index is 0.0446. The van der Waals surface area contributed by atoms with Gasteiger partial charge in [0, 0.05) is 18.7 Å². The first-order valence-electron chi connectivity index (χ1n) is 10.0. The molecule has 0 bridgehead atoms. The number of hydrogen-bond acceptors (Lipinski definition) is 3. The lowest BCUT2D eigenvalue weighted by atomic mass is 9.88. The molecule has 2 fully saturated rings. The summed E-state index contributed by atoms with van der Waals surface area (Å²) in [6.45, 7) is 3.21. The Bertz CT molecular complexity index is 741. The van der Waals surface area contributed by atoms with Crippen molar-refractivity contribution < 1.29 is 9.90 Å². The summed E-state index contributed by atoms with van der Waals surface area (Å²) in [5.74, 6) is 0.678. The van der Waals surface area contributed by atoms with Crippen LogP contribution in [0.4, 0.5) is 0 Å². The van der Waals surface area contributed by atoms with Gasteiger partial charge in [-0.25, -0.2) is 0 Å². The quantitative estimate of drug-likeness (QED) is 0.910. The molecule has 27 heavy (non-hydrogen) atoms. The second-order valence-electron chi connectivity index (χ2n) is 7.76. The van der Waals surface area contributed by atoms with E-state index in [0.29, 0.717) is 25.4 Å². The van der Waals surface area contributed by atoms with Gasteiger partial charge in [-0.1, -0.05) is 48.5 Å². The van der Waals surface area contributed by atoms with E-state index < -0.39 is 0 Å². The molecular formula is C23H28N2O2. The zero-order chi connectivity index (χ0) is 18.6. The van der Waals surface area contributed by atoms with Gasteiger partial charge >= 0.3 is 0 Å². The summed E-state index contributed by atoms with van der Waals surface area (Å²) in [5, 5.41) is 10.6. The van der Waals surface area contributed by atoms with E-state index in [4.69, 9.17) is 0 Å².